The van der Waals surface area contributed by atoms with Gasteiger partial charge in [0.05, 0.1) is 5.56 Å². The van der Waals surface area contributed by atoms with Gasteiger partial charge in [0.2, 0.25) is 0 Å². The number of carbonyl (C=O) groups is 1. The van der Waals surface area contributed by atoms with Crippen LogP contribution in [0.5, 0.6) is 5.75 Å². The fraction of sp³-hybridized carbons (Fsp3) is 0.562. The van der Waals surface area contributed by atoms with Gasteiger partial charge in [0.15, 0.2) is 5.78 Å². The molecule has 0 amide bonds. The zero-order chi connectivity index (χ0) is 14.1. The highest BCUT2D eigenvalue weighted by atomic mass is 35.5. The second kappa shape index (κ2) is 8.98. The van der Waals surface area contributed by atoms with Crippen molar-refractivity contribution in [1.29, 1.82) is 0 Å². The van der Waals surface area contributed by atoms with Crippen molar-refractivity contribution in [3.63, 3.8) is 0 Å². The van der Waals surface area contributed by atoms with Crippen molar-refractivity contribution in [2.75, 3.05) is 0 Å². The van der Waals surface area contributed by atoms with Crippen LogP contribution in [0.1, 0.15) is 68.6 Å². The van der Waals surface area contributed by atoms with Gasteiger partial charge in [-0.15, -0.1) is 0 Å². The summed E-state index contributed by atoms with van der Waals surface area (Å²) in [6.07, 6.45) is 8.75. The molecule has 0 fully saturated rings. The Labute approximate surface area is 120 Å². The third-order valence-corrected chi connectivity index (χ3v) is 3.50. The highest BCUT2D eigenvalue weighted by Gasteiger charge is 2.11. The Morgan fingerprint density at radius 3 is 2.42 bits per heavy atom. The van der Waals surface area contributed by atoms with Crippen molar-refractivity contribution in [3.05, 3.63) is 28.8 Å². The molecule has 0 atom stereocenters. The summed E-state index contributed by atoms with van der Waals surface area (Å²) in [5.41, 5.74) is 0.346. The predicted octanol–water partition coefficient (Wildman–Crippen LogP) is 5.37. The normalized spacial score (nSPS) is 10.6. The summed E-state index contributed by atoms with van der Waals surface area (Å²) in [5, 5.41) is 10.1. The van der Waals surface area contributed by atoms with E-state index in [9.17, 15) is 9.90 Å². The van der Waals surface area contributed by atoms with Crippen molar-refractivity contribution in [1.82, 2.24) is 0 Å². The van der Waals surface area contributed by atoms with Gasteiger partial charge in [0.25, 0.3) is 0 Å². The minimum absolute atomic E-state index is 0.0199. The molecule has 1 N–H and O–H groups in total. The Kier molecular flexibility index (Phi) is 7.57. The van der Waals surface area contributed by atoms with Crippen molar-refractivity contribution in [3.8, 4) is 5.75 Å². The maximum atomic E-state index is 11.9. The number of phenols is 1. The maximum absolute atomic E-state index is 11.9. The molecule has 0 aliphatic carbocycles. The lowest BCUT2D eigenvalue weighted by atomic mass is 10.0. The SMILES string of the molecule is CCCCCCCCCC(=O)c1cc(Cl)ccc1O. The Hall–Kier alpha value is -1.02. The van der Waals surface area contributed by atoms with E-state index in [0.29, 0.717) is 17.0 Å². The average Bonchev–Trinajstić information content (AvgIpc) is 2.40. The highest BCUT2D eigenvalue weighted by molar-refractivity contribution is 6.31. The lowest BCUT2D eigenvalue weighted by Gasteiger charge is -2.04. The van der Waals surface area contributed by atoms with Crippen molar-refractivity contribution >= 4 is 17.4 Å². The average molecular weight is 283 g/mol. The number of Topliss-reactive ketones (excluding diaryl/α,β-unsaturated/α-hetero) is 1. The topological polar surface area (TPSA) is 37.3 Å². The number of phenolic OH excluding ortho intramolecular Hbond substituents is 1. The first-order valence-electron chi connectivity index (χ1n) is 7.17. The number of rotatable bonds is 9. The summed E-state index contributed by atoms with van der Waals surface area (Å²) in [5.74, 6) is 0.00547. The van der Waals surface area contributed by atoms with Gasteiger partial charge in [0.1, 0.15) is 5.75 Å². The molecular weight excluding hydrogens is 260 g/mol. The Bertz CT molecular complexity index is 402. The van der Waals surface area contributed by atoms with Crippen LogP contribution in [0.25, 0.3) is 0 Å². The zero-order valence-electron chi connectivity index (χ0n) is 11.6. The molecule has 0 saturated carbocycles. The second-order valence-corrected chi connectivity index (χ2v) is 5.39. The molecule has 1 aromatic carbocycles. The van der Waals surface area contributed by atoms with Crippen LogP contribution in [0, 0.1) is 0 Å². The minimum Gasteiger partial charge on any atom is -0.507 e. The molecule has 0 unspecified atom stereocenters. The highest BCUT2D eigenvalue weighted by Crippen LogP contribution is 2.23. The first-order chi connectivity index (χ1) is 9.15. The molecule has 0 aromatic heterocycles. The fourth-order valence-electron chi connectivity index (χ4n) is 2.11. The molecular formula is C16H23ClO2. The monoisotopic (exact) mass is 282 g/mol. The van der Waals surface area contributed by atoms with E-state index in [4.69, 9.17) is 11.6 Å². The summed E-state index contributed by atoms with van der Waals surface area (Å²) >= 11 is 5.83. The number of halogens is 1. The molecule has 0 spiro atoms. The van der Waals surface area contributed by atoms with E-state index >= 15 is 0 Å². The van der Waals surface area contributed by atoms with Crippen LogP contribution >= 0.6 is 11.6 Å². The van der Waals surface area contributed by atoms with Crippen LogP contribution in [0.4, 0.5) is 0 Å². The minimum atomic E-state index is -0.0199. The quantitative estimate of drug-likeness (QED) is 0.488. The molecule has 2 nitrogen and oxygen atoms in total. The third-order valence-electron chi connectivity index (χ3n) is 3.27. The lowest BCUT2D eigenvalue weighted by Crippen LogP contribution is -1.99. The van der Waals surface area contributed by atoms with Gasteiger partial charge in [-0.25, -0.2) is 0 Å². The summed E-state index contributed by atoms with van der Waals surface area (Å²) < 4.78 is 0. The smallest absolute Gasteiger partial charge is 0.166 e. The van der Waals surface area contributed by atoms with Gasteiger partial charge in [-0.05, 0) is 24.6 Å². The molecule has 1 aromatic rings. The van der Waals surface area contributed by atoms with Crippen LogP contribution in [0.15, 0.2) is 18.2 Å². The Balaban J connectivity index is 2.26. The number of hydrogen-bond acceptors (Lipinski definition) is 2. The number of unbranched alkanes of at least 4 members (excludes halogenated alkanes) is 6. The van der Waals surface area contributed by atoms with Crippen LogP contribution in [-0.4, -0.2) is 10.9 Å². The number of aromatic hydroxyl groups is 1. The predicted molar refractivity (Wildman–Crippen MR) is 80.1 cm³/mol. The summed E-state index contributed by atoms with van der Waals surface area (Å²) in [7, 11) is 0. The van der Waals surface area contributed by atoms with Gasteiger partial charge < -0.3 is 5.11 Å². The van der Waals surface area contributed by atoms with E-state index in [-0.39, 0.29) is 11.5 Å². The fourth-order valence-corrected chi connectivity index (χ4v) is 2.28. The van der Waals surface area contributed by atoms with Gasteiger partial charge >= 0.3 is 0 Å². The molecule has 1 rings (SSSR count). The van der Waals surface area contributed by atoms with E-state index in [2.05, 4.69) is 6.92 Å². The van der Waals surface area contributed by atoms with Crippen LogP contribution in [0.2, 0.25) is 5.02 Å². The first-order valence-corrected chi connectivity index (χ1v) is 7.54. The van der Waals surface area contributed by atoms with Crippen molar-refractivity contribution in [2.24, 2.45) is 0 Å². The van der Waals surface area contributed by atoms with E-state index < -0.39 is 0 Å². The number of benzene rings is 1. The lowest BCUT2D eigenvalue weighted by molar-refractivity contribution is 0.0976. The molecule has 0 bridgehead atoms. The summed E-state index contributed by atoms with van der Waals surface area (Å²) in [6, 6.07) is 4.60. The molecule has 106 valence electrons. The second-order valence-electron chi connectivity index (χ2n) is 4.96. The molecule has 3 heteroatoms. The van der Waals surface area contributed by atoms with Gasteiger partial charge in [-0.2, -0.15) is 0 Å². The van der Waals surface area contributed by atoms with Crippen molar-refractivity contribution < 1.29 is 9.90 Å². The van der Waals surface area contributed by atoms with E-state index in [1.54, 1.807) is 12.1 Å². The van der Waals surface area contributed by atoms with Crippen molar-refractivity contribution in [2.45, 2.75) is 58.3 Å². The summed E-state index contributed by atoms with van der Waals surface area (Å²) in [4.78, 5) is 11.9. The summed E-state index contributed by atoms with van der Waals surface area (Å²) in [6.45, 7) is 2.20. The largest absolute Gasteiger partial charge is 0.507 e. The molecule has 0 radical (unpaired) electrons. The Morgan fingerprint density at radius 2 is 1.74 bits per heavy atom. The first kappa shape index (κ1) is 16.0. The standard InChI is InChI=1S/C16H23ClO2/c1-2-3-4-5-6-7-8-9-15(18)14-12-13(17)10-11-16(14)19/h10-12,19H,2-9H2,1H3. The maximum Gasteiger partial charge on any atom is 0.166 e. The van der Waals surface area contributed by atoms with E-state index in [1.807, 2.05) is 0 Å². The van der Waals surface area contributed by atoms with Gasteiger partial charge in [-0.1, -0.05) is 57.0 Å². The number of carbonyl (C=O) groups excluding carboxylic acids is 1. The molecule has 0 aliphatic rings. The van der Waals surface area contributed by atoms with E-state index in [0.717, 1.165) is 12.8 Å². The Morgan fingerprint density at radius 1 is 1.11 bits per heavy atom. The number of ketones is 1. The molecule has 19 heavy (non-hydrogen) atoms. The molecule has 0 saturated heterocycles. The molecule has 0 aliphatic heterocycles. The zero-order valence-corrected chi connectivity index (χ0v) is 12.4. The van der Waals surface area contributed by atoms with Gasteiger partial charge in [-0.3, -0.25) is 4.79 Å². The van der Waals surface area contributed by atoms with E-state index in [1.165, 1.54) is 38.2 Å². The van der Waals surface area contributed by atoms with Crippen LogP contribution < -0.4 is 0 Å². The van der Waals surface area contributed by atoms with Gasteiger partial charge in [0, 0.05) is 11.4 Å². The molecule has 0 heterocycles. The number of hydrogen-bond donors (Lipinski definition) is 1. The third kappa shape index (κ3) is 6.11. The van der Waals surface area contributed by atoms with Crippen LogP contribution in [-0.2, 0) is 0 Å². The van der Waals surface area contributed by atoms with Crippen LogP contribution in [0.3, 0.4) is 0 Å².